The van der Waals surface area contributed by atoms with Crippen LogP contribution in [-0.2, 0) is 12.8 Å². The fraction of sp³-hybridized carbons (Fsp3) is 0.250. The van der Waals surface area contributed by atoms with Gasteiger partial charge in [0.1, 0.15) is 23.0 Å². The fourth-order valence-corrected chi connectivity index (χ4v) is 2.27. The second-order valence-electron chi connectivity index (χ2n) is 4.71. The van der Waals surface area contributed by atoms with Gasteiger partial charge in [-0.15, -0.1) is 0 Å². The average molecular weight is 274 g/mol. The quantitative estimate of drug-likeness (QED) is 0.647. The average Bonchev–Trinajstić information content (AvgIpc) is 2.43. The van der Waals surface area contributed by atoms with Gasteiger partial charge < -0.3 is 20.4 Å². The Bertz CT molecular complexity index is 647. The Morgan fingerprint density at radius 1 is 0.700 bits per heavy atom. The molecule has 0 saturated carbocycles. The molecule has 0 saturated heterocycles. The molecule has 0 spiro atoms. The standard InChI is InChI=1S/C16H18O4/c1-3-9-6-15(19)12(8-14(9)18)13-7-11(17)5-10(4-2)16(13)20/h5-8,17-20H,3-4H2,1-2H3. The molecule has 20 heavy (non-hydrogen) atoms. The normalized spacial score (nSPS) is 10.7. The molecule has 4 N–H and O–H groups in total. The first kappa shape index (κ1) is 14.1. The van der Waals surface area contributed by atoms with Crippen molar-refractivity contribution in [1.29, 1.82) is 0 Å². The lowest BCUT2D eigenvalue weighted by atomic mass is 9.97. The second kappa shape index (κ2) is 5.33. The molecule has 0 heterocycles. The van der Waals surface area contributed by atoms with Gasteiger partial charge in [0, 0.05) is 11.1 Å². The molecule has 106 valence electrons. The Balaban J connectivity index is 2.68. The summed E-state index contributed by atoms with van der Waals surface area (Å²) in [6.45, 7) is 3.73. The Labute approximate surface area is 117 Å². The molecule has 0 aliphatic carbocycles. The van der Waals surface area contributed by atoms with Crippen LogP contribution in [0, 0.1) is 0 Å². The second-order valence-corrected chi connectivity index (χ2v) is 4.71. The highest BCUT2D eigenvalue weighted by molar-refractivity contribution is 5.79. The Kier molecular flexibility index (Phi) is 3.74. The van der Waals surface area contributed by atoms with Crippen molar-refractivity contribution in [2.75, 3.05) is 0 Å². The number of phenols is 4. The molecule has 0 radical (unpaired) electrons. The number of aryl methyl sites for hydroxylation is 2. The molecule has 4 nitrogen and oxygen atoms in total. The zero-order valence-electron chi connectivity index (χ0n) is 11.5. The summed E-state index contributed by atoms with van der Waals surface area (Å²) in [6, 6.07) is 5.73. The molecule has 0 fully saturated rings. The minimum Gasteiger partial charge on any atom is -0.508 e. The van der Waals surface area contributed by atoms with Crippen molar-refractivity contribution in [2.45, 2.75) is 26.7 Å². The third kappa shape index (κ3) is 2.37. The van der Waals surface area contributed by atoms with E-state index in [1.807, 2.05) is 13.8 Å². The molecule has 4 heteroatoms. The zero-order chi connectivity index (χ0) is 14.9. The van der Waals surface area contributed by atoms with Gasteiger partial charge in [0.2, 0.25) is 0 Å². The van der Waals surface area contributed by atoms with Crippen molar-refractivity contribution in [1.82, 2.24) is 0 Å². The van der Waals surface area contributed by atoms with Crippen LogP contribution in [0.4, 0.5) is 0 Å². The Hall–Kier alpha value is -2.36. The van der Waals surface area contributed by atoms with Gasteiger partial charge in [0.15, 0.2) is 0 Å². The van der Waals surface area contributed by atoms with Crippen LogP contribution in [0.3, 0.4) is 0 Å². The Morgan fingerprint density at radius 2 is 1.35 bits per heavy atom. The first-order valence-electron chi connectivity index (χ1n) is 6.58. The molecule has 0 aromatic heterocycles. The van der Waals surface area contributed by atoms with Crippen LogP contribution in [0.1, 0.15) is 25.0 Å². The minimum absolute atomic E-state index is 0.00393. The molecular weight excluding hydrogens is 256 g/mol. The van der Waals surface area contributed by atoms with Gasteiger partial charge in [-0.2, -0.15) is 0 Å². The first-order chi connectivity index (χ1) is 9.47. The SMILES string of the molecule is CCc1cc(O)c(-c2cc(O)cc(CC)c2O)cc1O. The summed E-state index contributed by atoms with van der Waals surface area (Å²) in [5.41, 5.74) is 1.81. The van der Waals surface area contributed by atoms with E-state index >= 15 is 0 Å². The highest BCUT2D eigenvalue weighted by atomic mass is 16.3. The largest absolute Gasteiger partial charge is 0.508 e. The third-order valence-corrected chi connectivity index (χ3v) is 3.42. The topological polar surface area (TPSA) is 80.9 Å². The summed E-state index contributed by atoms with van der Waals surface area (Å²) in [5, 5.41) is 39.9. The number of aromatic hydroxyl groups is 4. The van der Waals surface area contributed by atoms with E-state index in [1.165, 1.54) is 24.3 Å². The predicted octanol–water partition coefficient (Wildman–Crippen LogP) is 3.30. The third-order valence-electron chi connectivity index (χ3n) is 3.42. The van der Waals surface area contributed by atoms with E-state index in [4.69, 9.17) is 0 Å². The van der Waals surface area contributed by atoms with Crippen LogP contribution in [0.15, 0.2) is 24.3 Å². The van der Waals surface area contributed by atoms with Crippen molar-refractivity contribution in [2.24, 2.45) is 0 Å². The van der Waals surface area contributed by atoms with Crippen molar-refractivity contribution >= 4 is 0 Å². The van der Waals surface area contributed by atoms with E-state index in [0.717, 1.165) is 0 Å². The molecule has 2 rings (SSSR count). The number of phenolic OH excluding ortho intramolecular Hbond substituents is 4. The summed E-state index contributed by atoms with van der Waals surface area (Å²) >= 11 is 0. The maximum atomic E-state index is 10.2. The van der Waals surface area contributed by atoms with Crippen LogP contribution in [0.25, 0.3) is 11.1 Å². The van der Waals surface area contributed by atoms with E-state index in [2.05, 4.69) is 0 Å². The van der Waals surface area contributed by atoms with E-state index in [9.17, 15) is 20.4 Å². The van der Waals surface area contributed by atoms with E-state index in [1.54, 1.807) is 0 Å². The first-order valence-corrected chi connectivity index (χ1v) is 6.58. The van der Waals surface area contributed by atoms with Gasteiger partial charge in [-0.1, -0.05) is 13.8 Å². The number of hydrogen-bond acceptors (Lipinski definition) is 4. The van der Waals surface area contributed by atoms with Crippen LogP contribution in [0.2, 0.25) is 0 Å². The van der Waals surface area contributed by atoms with Crippen LogP contribution < -0.4 is 0 Å². The lowest BCUT2D eigenvalue weighted by molar-refractivity contribution is 0.450. The van der Waals surface area contributed by atoms with E-state index < -0.39 is 0 Å². The van der Waals surface area contributed by atoms with Gasteiger partial charge in [-0.25, -0.2) is 0 Å². The number of benzene rings is 2. The molecule has 0 aliphatic rings. The van der Waals surface area contributed by atoms with E-state index in [-0.39, 0.29) is 23.0 Å². The predicted molar refractivity (Wildman–Crippen MR) is 77.3 cm³/mol. The summed E-state index contributed by atoms with van der Waals surface area (Å²) < 4.78 is 0. The van der Waals surface area contributed by atoms with E-state index in [0.29, 0.717) is 35.1 Å². The summed E-state index contributed by atoms with van der Waals surface area (Å²) in [5.74, 6) is 0.0288. The maximum Gasteiger partial charge on any atom is 0.126 e. The highest BCUT2D eigenvalue weighted by Crippen LogP contribution is 2.42. The lowest BCUT2D eigenvalue weighted by Crippen LogP contribution is -1.89. The smallest absolute Gasteiger partial charge is 0.126 e. The van der Waals surface area contributed by atoms with Gasteiger partial charge in [0.05, 0.1) is 0 Å². The van der Waals surface area contributed by atoms with Crippen LogP contribution in [0.5, 0.6) is 23.0 Å². The van der Waals surface area contributed by atoms with Gasteiger partial charge >= 0.3 is 0 Å². The molecule has 0 amide bonds. The fourth-order valence-electron chi connectivity index (χ4n) is 2.27. The van der Waals surface area contributed by atoms with Crippen LogP contribution in [-0.4, -0.2) is 20.4 Å². The minimum atomic E-state index is -0.0393. The van der Waals surface area contributed by atoms with Gasteiger partial charge in [-0.05, 0) is 48.2 Å². The Morgan fingerprint density at radius 3 is 1.95 bits per heavy atom. The van der Waals surface area contributed by atoms with Crippen molar-refractivity contribution in [3.8, 4) is 34.1 Å². The molecule has 2 aromatic rings. The number of rotatable bonds is 3. The molecule has 0 bridgehead atoms. The molecule has 0 atom stereocenters. The summed E-state index contributed by atoms with van der Waals surface area (Å²) in [6.07, 6.45) is 1.14. The molecule has 2 aromatic carbocycles. The highest BCUT2D eigenvalue weighted by Gasteiger charge is 2.16. The lowest BCUT2D eigenvalue weighted by Gasteiger charge is -2.13. The molecule has 0 unspecified atom stereocenters. The zero-order valence-corrected chi connectivity index (χ0v) is 11.5. The summed E-state index contributed by atoms with van der Waals surface area (Å²) in [4.78, 5) is 0. The van der Waals surface area contributed by atoms with Crippen molar-refractivity contribution < 1.29 is 20.4 Å². The monoisotopic (exact) mass is 274 g/mol. The maximum absolute atomic E-state index is 10.2. The molecule has 0 aliphatic heterocycles. The van der Waals surface area contributed by atoms with Crippen molar-refractivity contribution in [3.05, 3.63) is 35.4 Å². The summed E-state index contributed by atoms with van der Waals surface area (Å²) in [7, 11) is 0. The molecular formula is C16H18O4. The van der Waals surface area contributed by atoms with Gasteiger partial charge in [0.25, 0.3) is 0 Å². The number of hydrogen-bond donors (Lipinski definition) is 4. The van der Waals surface area contributed by atoms with Gasteiger partial charge in [-0.3, -0.25) is 0 Å². The van der Waals surface area contributed by atoms with Crippen molar-refractivity contribution in [3.63, 3.8) is 0 Å². The van der Waals surface area contributed by atoms with Crippen LogP contribution >= 0.6 is 0 Å².